The van der Waals surface area contributed by atoms with Crippen molar-refractivity contribution in [2.45, 2.75) is 11.8 Å². The molecule has 0 fully saturated rings. The highest BCUT2D eigenvalue weighted by Gasteiger charge is 2.20. The third-order valence-corrected chi connectivity index (χ3v) is 4.13. The molecule has 0 spiro atoms. The average Bonchev–Trinajstić information content (AvgIpc) is 2.40. The first-order valence-electron chi connectivity index (χ1n) is 5.82. The number of hydrogen-bond acceptors (Lipinski definition) is 5. The molecule has 106 valence electrons. The summed E-state index contributed by atoms with van der Waals surface area (Å²) in [6, 6.07) is 7.68. The number of anilines is 2. The van der Waals surface area contributed by atoms with E-state index in [1.165, 1.54) is 25.3 Å². The topological polar surface area (TPSA) is 94.3 Å². The van der Waals surface area contributed by atoms with Crippen LogP contribution in [0.15, 0.2) is 41.4 Å². The lowest BCUT2D eigenvalue weighted by molar-refractivity contribution is 0.403. The number of pyridine rings is 1. The summed E-state index contributed by atoms with van der Waals surface area (Å²) < 4.78 is 32.3. The lowest BCUT2D eigenvalue weighted by Gasteiger charge is -2.13. The summed E-state index contributed by atoms with van der Waals surface area (Å²) in [7, 11) is -2.37. The smallest absolute Gasteiger partial charge is 0.265 e. The summed E-state index contributed by atoms with van der Waals surface area (Å²) in [5.74, 6) is 0.194. The molecular weight excluding hydrogens is 278 g/mol. The van der Waals surface area contributed by atoms with Crippen LogP contribution in [0.4, 0.5) is 11.4 Å². The molecule has 7 heteroatoms. The minimum absolute atomic E-state index is 0.0254. The molecule has 1 heterocycles. The minimum atomic E-state index is -3.77. The number of benzene rings is 1. The van der Waals surface area contributed by atoms with Crippen LogP contribution in [0, 0.1) is 6.92 Å². The third-order valence-electron chi connectivity index (χ3n) is 2.73. The van der Waals surface area contributed by atoms with Crippen molar-refractivity contribution in [2.75, 3.05) is 17.6 Å². The highest BCUT2D eigenvalue weighted by atomic mass is 32.2. The largest absolute Gasteiger partial charge is 0.495 e. The molecule has 3 N–H and O–H groups in total. The second-order valence-electron chi connectivity index (χ2n) is 4.15. The Morgan fingerprint density at radius 3 is 2.70 bits per heavy atom. The van der Waals surface area contributed by atoms with E-state index < -0.39 is 10.0 Å². The van der Waals surface area contributed by atoms with Gasteiger partial charge in [0.15, 0.2) is 0 Å². The van der Waals surface area contributed by atoms with E-state index in [0.717, 1.165) is 0 Å². The van der Waals surface area contributed by atoms with Gasteiger partial charge >= 0.3 is 0 Å². The summed E-state index contributed by atoms with van der Waals surface area (Å²) in [5, 5.41) is 0. The Labute approximate surface area is 117 Å². The fraction of sp³-hybridized carbons (Fsp3) is 0.154. The summed E-state index contributed by atoms with van der Waals surface area (Å²) >= 11 is 0. The monoisotopic (exact) mass is 293 g/mol. The molecule has 20 heavy (non-hydrogen) atoms. The average molecular weight is 293 g/mol. The number of methoxy groups -OCH3 is 1. The molecule has 0 unspecified atom stereocenters. The number of nitrogens with two attached hydrogens (primary N) is 1. The van der Waals surface area contributed by atoms with Crippen molar-refractivity contribution >= 4 is 21.4 Å². The van der Waals surface area contributed by atoms with Crippen molar-refractivity contribution in [3.63, 3.8) is 0 Å². The van der Waals surface area contributed by atoms with E-state index in [4.69, 9.17) is 10.5 Å². The highest BCUT2D eigenvalue weighted by Crippen LogP contribution is 2.28. The van der Waals surface area contributed by atoms with Gasteiger partial charge in [-0.2, -0.15) is 0 Å². The highest BCUT2D eigenvalue weighted by molar-refractivity contribution is 7.92. The summed E-state index contributed by atoms with van der Waals surface area (Å²) in [6.07, 6.45) is 1.59. The summed E-state index contributed by atoms with van der Waals surface area (Å²) in [4.78, 5) is 4.06. The molecule has 1 aromatic heterocycles. The Hall–Kier alpha value is -2.28. The number of rotatable bonds is 4. The molecule has 0 atom stereocenters. The zero-order valence-corrected chi connectivity index (χ0v) is 11.9. The van der Waals surface area contributed by atoms with Crippen LogP contribution in [0.5, 0.6) is 5.75 Å². The SMILES string of the molecule is COc1cc(N)ccc1S(=O)(=O)Nc1cccnc1C. The van der Waals surface area contributed by atoms with Gasteiger partial charge in [-0.15, -0.1) is 0 Å². The standard InChI is InChI=1S/C13H15N3O3S/c1-9-11(4-3-7-15-9)16-20(17,18)13-6-5-10(14)8-12(13)19-2/h3-8,16H,14H2,1-2H3. The van der Waals surface area contributed by atoms with E-state index in [-0.39, 0.29) is 10.6 Å². The molecule has 1 aromatic carbocycles. The zero-order valence-electron chi connectivity index (χ0n) is 11.1. The molecule has 6 nitrogen and oxygen atoms in total. The van der Waals surface area contributed by atoms with Crippen LogP contribution in [0.2, 0.25) is 0 Å². The first-order chi connectivity index (χ1) is 9.44. The van der Waals surface area contributed by atoms with E-state index in [2.05, 4.69) is 9.71 Å². The van der Waals surface area contributed by atoms with E-state index in [1.807, 2.05) is 0 Å². The fourth-order valence-corrected chi connectivity index (χ4v) is 2.97. The van der Waals surface area contributed by atoms with Gasteiger partial charge in [0.2, 0.25) is 0 Å². The maximum Gasteiger partial charge on any atom is 0.265 e. The number of hydrogen-bond donors (Lipinski definition) is 2. The Balaban J connectivity index is 2.44. The molecule has 0 aliphatic heterocycles. The number of aromatic nitrogens is 1. The van der Waals surface area contributed by atoms with E-state index in [9.17, 15) is 8.42 Å². The predicted molar refractivity (Wildman–Crippen MR) is 77.2 cm³/mol. The van der Waals surface area contributed by atoms with Gasteiger partial charge in [0.05, 0.1) is 18.5 Å². The number of nitrogen functional groups attached to an aromatic ring is 1. The normalized spacial score (nSPS) is 11.1. The van der Waals surface area contributed by atoms with Gasteiger partial charge in [-0.05, 0) is 31.2 Å². The lowest BCUT2D eigenvalue weighted by Crippen LogP contribution is -2.15. The van der Waals surface area contributed by atoms with Crippen molar-refractivity contribution in [1.29, 1.82) is 0 Å². The van der Waals surface area contributed by atoms with Crippen LogP contribution in [-0.4, -0.2) is 20.5 Å². The van der Waals surface area contributed by atoms with Gasteiger partial charge in [0.1, 0.15) is 10.6 Å². The molecule has 0 aliphatic carbocycles. The predicted octanol–water partition coefficient (Wildman–Crippen LogP) is 1.78. The van der Waals surface area contributed by atoms with Crippen molar-refractivity contribution in [3.8, 4) is 5.75 Å². The first kappa shape index (κ1) is 14.1. The minimum Gasteiger partial charge on any atom is -0.495 e. The van der Waals surface area contributed by atoms with Crippen LogP contribution in [0.25, 0.3) is 0 Å². The van der Waals surface area contributed by atoms with Gasteiger partial charge in [-0.25, -0.2) is 8.42 Å². The summed E-state index contributed by atoms with van der Waals surface area (Å²) in [6.45, 7) is 1.72. The molecular formula is C13H15N3O3S. The van der Waals surface area contributed by atoms with Crippen LogP contribution in [0.3, 0.4) is 0 Å². The van der Waals surface area contributed by atoms with E-state index in [0.29, 0.717) is 17.1 Å². The van der Waals surface area contributed by atoms with E-state index in [1.54, 1.807) is 25.3 Å². The van der Waals surface area contributed by atoms with Gasteiger partial charge in [-0.3, -0.25) is 9.71 Å². The second-order valence-corrected chi connectivity index (χ2v) is 5.80. The molecule has 0 radical (unpaired) electrons. The molecule has 0 bridgehead atoms. The Bertz CT molecular complexity index is 729. The van der Waals surface area contributed by atoms with Gasteiger partial charge in [-0.1, -0.05) is 0 Å². The van der Waals surface area contributed by atoms with Crippen molar-refractivity contribution < 1.29 is 13.2 Å². The maximum absolute atomic E-state index is 12.4. The molecule has 0 aliphatic rings. The number of ether oxygens (including phenoxy) is 1. The van der Waals surface area contributed by atoms with Crippen molar-refractivity contribution in [1.82, 2.24) is 4.98 Å². The quantitative estimate of drug-likeness (QED) is 0.838. The lowest BCUT2D eigenvalue weighted by atomic mass is 10.3. The molecule has 2 aromatic rings. The third kappa shape index (κ3) is 2.83. The molecule has 0 saturated heterocycles. The zero-order chi connectivity index (χ0) is 14.8. The van der Waals surface area contributed by atoms with Gasteiger partial charge in [0.25, 0.3) is 10.0 Å². The number of nitrogens with zero attached hydrogens (tertiary/aromatic N) is 1. The van der Waals surface area contributed by atoms with Gasteiger partial charge < -0.3 is 10.5 Å². The Morgan fingerprint density at radius 2 is 2.05 bits per heavy atom. The van der Waals surface area contributed by atoms with Crippen molar-refractivity contribution in [3.05, 3.63) is 42.2 Å². The van der Waals surface area contributed by atoms with Crippen LogP contribution < -0.4 is 15.2 Å². The summed E-state index contributed by atoms with van der Waals surface area (Å²) in [5.41, 5.74) is 7.06. The molecule has 0 amide bonds. The maximum atomic E-state index is 12.4. The number of aryl methyl sites for hydroxylation is 1. The molecule has 2 rings (SSSR count). The van der Waals surface area contributed by atoms with E-state index >= 15 is 0 Å². The Kier molecular flexibility index (Phi) is 3.80. The molecule has 0 saturated carbocycles. The van der Waals surface area contributed by atoms with Crippen LogP contribution in [-0.2, 0) is 10.0 Å². The van der Waals surface area contributed by atoms with Gasteiger partial charge in [0, 0.05) is 18.0 Å². The fourth-order valence-electron chi connectivity index (χ4n) is 1.70. The van der Waals surface area contributed by atoms with Crippen molar-refractivity contribution in [2.24, 2.45) is 0 Å². The number of nitrogens with one attached hydrogen (secondary N) is 1. The van der Waals surface area contributed by atoms with Crippen LogP contribution in [0.1, 0.15) is 5.69 Å². The Morgan fingerprint density at radius 1 is 1.30 bits per heavy atom. The number of sulfonamides is 1. The first-order valence-corrected chi connectivity index (χ1v) is 7.30. The second kappa shape index (κ2) is 5.38. The van der Waals surface area contributed by atoms with Crippen LogP contribution >= 0.6 is 0 Å².